The number of carbonyl (C=O) groups is 2. The highest BCUT2D eigenvalue weighted by molar-refractivity contribution is 5.92. The number of hydrogen-bond donors (Lipinski definition) is 0. The van der Waals surface area contributed by atoms with Crippen molar-refractivity contribution in [3.63, 3.8) is 0 Å². The summed E-state index contributed by atoms with van der Waals surface area (Å²) in [7, 11) is 0. The van der Waals surface area contributed by atoms with Crippen LogP contribution in [0.5, 0.6) is 0 Å². The van der Waals surface area contributed by atoms with Gasteiger partial charge in [0.1, 0.15) is 11.9 Å². The van der Waals surface area contributed by atoms with E-state index in [0.29, 0.717) is 44.2 Å². The molecule has 0 radical (unpaired) electrons. The van der Waals surface area contributed by atoms with Gasteiger partial charge in [0.05, 0.1) is 0 Å². The number of hydrogen-bond acceptors (Lipinski definition) is 5. The zero-order valence-corrected chi connectivity index (χ0v) is 12.1. The third-order valence-electron chi connectivity index (χ3n) is 3.93. The Morgan fingerprint density at radius 3 is 2.52 bits per heavy atom. The van der Waals surface area contributed by atoms with Crippen LogP contribution >= 0.6 is 0 Å². The van der Waals surface area contributed by atoms with Crippen LogP contribution in [0.1, 0.15) is 29.1 Å². The van der Waals surface area contributed by atoms with E-state index >= 15 is 0 Å². The van der Waals surface area contributed by atoms with Crippen molar-refractivity contribution in [2.24, 2.45) is 0 Å². The molecule has 0 aromatic carbocycles. The van der Waals surface area contributed by atoms with E-state index in [-0.39, 0.29) is 17.9 Å². The zero-order chi connectivity index (χ0) is 14.8. The maximum atomic E-state index is 12.2. The SMILES string of the molecule is Cc1cc(C(=O)N2CCN(C(=O)[C@H]3CCCO3)CC2)no1. The standard InChI is InChI=1S/C14H19N3O4/c1-10-9-11(15-21-10)13(18)16-4-6-17(7-5-16)14(19)12-3-2-8-20-12/h9,12H,2-8H2,1H3/t12-/m1/s1. The van der Waals surface area contributed by atoms with Gasteiger partial charge in [0.2, 0.25) is 0 Å². The summed E-state index contributed by atoms with van der Waals surface area (Å²) >= 11 is 0. The lowest BCUT2D eigenvalue weighted by Crippen LogP contribution is -2.52. The number of aromatic nitrogens is 1. The molecule has 7 heteroatoms. The molecule has 1 atom stereocenters. The first-order chi connectivity index (χ1) is 10.1. The molecule has 3 rings (SSSR count). The normalized spacial score (nSPS) is 22.6. The molecule has 7 nitrogen and oxygen atoms in total. The monoisotopic (exact) mass is 293 g/mol. The number of aryl methyl sites for hydroxylation is 1. The van der Waals surface area contributed by atoms with E-state index in [1.165, 1.54) is 0 Å². The third-order valence-corrected chi connectivity index (χ3v) is 3.93. The highest BCUT2D eigenvalue weighted by atomic mass is 16.5. The molecule has 2 aliphatic rings. The van der Waals surface area contributed by atoms with Crippen molar-refractivity contribution in [2.75, 3.05) is 32.8 Å². The summed E-state index contributed by atoms with van der Waals surface area (Å²) in [5.74, 6) is 0.526. The molecule has 0 aliphatic carbocycles. The minimum Gasteiger partial charge on any atom is -0.368 e. The van der Waals surface area contributed by atoms with Gasteiger partial charge in [0, 0.05) is 38.9 Å². The number of rotatable bonds is 2. The largest absolute Gasteiger partial charge is 0.368 e. The Morgan fingerprint density at radius 2 is 1.95 bits per heavy atom. The molecule has 2 amide bonds. The average molecular weight is 293 g/mol. The van der Waals surface area contributed by atoms with Crippen molar-refractivity contribution in [1.82, 2.24) is 15.0 Å². The fourth-order valence-corrected chi connectivity index (χ4v) is 2.74. The van der Waals surface area contributed by atoms with Gasteiger partial charge in [-0.1, -0.05) is 5.16 Å². The summed E-state index contributed by atoms with van der Waals surface area (Å²) in [6.07, 6.45) is 1.46. The van der Waals surface area contributed by atoms with Gasteiger partial charge in [0.25, 0.3) is 11.8 Å². The van der Waals surface area contributed by atoms with Crippen LogP contribution in [0.2, 0.25) is 0 Å². The lowest BCUT2D eigenvalue weighted by atomic mass is 10.2. The maximum absolute atomic E-state index is 12.2. The summed E-state index contributed by atoms with van der Waals surface area (Å²) in [5.41, 5.74) is 0.325. The van der Waals surface area contributed by atoms with Crippen LogP contribution in [0, 0.1) is 6.92 Å². The van der Waals surface area contributed by atoms with Crippen LogP contribution in [0.15, 0.2) is 10.6 Å². The maximum Gasteiger partial charge on any atom is 0.276 e. The van der Waals surface area contributed by atoms with Gasteiger partial charge in [0.15, 0.2) is 5.69 Å². The third kappa shape index (κ3) is 2.92. The fourth-order valence-electron chi connectivity index (χ4n) is 2.74. The molecule has 2 fully saturated rings. The Morgan fingerprint density at radius 1 is 1.24 bits per heavy atom. The van der Waals surface area contributed by atoms with Crippen LogP contribution in [0.4, 0.5) is 0 Å². The van der Waals surface area contributed by atoms with Gasteiger partial charge >= 0.3 is 0 Å². The molecule has 21 heavy (non-hydrogen) atoms. The number of amides is 2. The summed E-state index contributed by atoms with van der Waals surface area (Å²) in [6, 6.07) is 1.63. The quantitative estimate of drug-likeness (QED) is 0.791. The zero-order valence-electron chi connectivity index (χ0n) is 12.1. The van der Waals surface area contributed by atoms with E-state index in [1.807, 2.05) is 0 Å². The lowest BCUT2D eigenvalue weighted by molar-refractivity contribution is -0.142. The summed E-state index contributed by atoms with van der Waals surface area (Å²) in [4.78, 5) is 27.9. The van der Waals surface area contributed by atoms with Crippen LogP contribution < -0.4 is 0 Å². The van der Waals surface area contributed by atoms with Crippen LogP contribution in [-0.2, 0) is 9.53 Å². The Kier molecular flexibility index (Phi) is 3.92. The first-order valence-corrected chi connectivity index (χ1v) is 7.28. The van der Waals surface area contributed by atoms with Crippen molar-refractivity contribution in [3.8, 4) is 0 Å². The van der Waals surface area contributed by atoms with E-state index in [0.717, 1.165) is 12.8 Å². The Labute approximate surface area is 122 Å². The number of piperazine rings is 1. The Balaban J connectivity index is 1.55. The van der Waals surface area contributed by atoms with E-state index in [1.54, 1.807) is 22.8 Å². The van der Waals surface area contributed by atoms with Gasteiger partial charge in [-0.25, -0.2) is 0 Å². The second-order valence-electron chi connectivity index (χ2n) is 5.44. The molecule has 114 valence electrons. The van der Waals surface area contributed by atoms with Crippen LogP contribution in [0.3, 0.4) is 0 Å². The molecular formula is C14H19N3O4. The van der Waals surface area contributed by atoms with Gasteiger partial charge in [-0.3, -0.25) is 9.59 Å². The van der Waals surface area contributed by atoms with Crippen molar-refractivity contribution in [2.45, 2.75) is 25.9 Å². The van der Waals surface area contributed by atoms with E-state index in [2.05, 4.69) is 5.16 Å². The first-order valence-electron chi connectivity index (χ1n) is 7.28. The number of ether oxygens (including phenoxy) is 1. The molecule has 0 bridgehead atoms. The predicted molar refractivity (Wildman–Crippen MR) is 72.7 cm³/mol. The molecule has 0 unspecified atom stereocenters. The summed E-state index contributed by atoms with van der Waals surface area (Å²) in [6.45, 7) is 4.54. The lowest BCUT2D eigenvalue weighted by Gasteiger charge is -2.35. The van der Waals surface area contributed by atoms with Crippen molar-refractivity contribution in [3.05, 3.63) is 17.5 Å². The molecule has 0 N–H and O–H groups in total. The summed E-state index contributed by atoms with van der Waals surface area (Å²) < 4.78 is 10.3. The molecule has 1 aromatic heterocycles. The minimum absolute atomic E-state index is 0.0527. The van der Waals surface area contributed by atoms with E-state index in [4.69, 9.17) is 9.26 Å². The van der Waals surface area contributed by atoms with Gasteiger partial charge in [-0.15, -0.1) is 0 Å². The van der Waals surface area contributed by atoms with E-state index < -0.39 is 0 Å². The molecule has 0 saturated carbocycles. The molecular weight excluding hydrogens is 274 g/mol. The molecule has 0 spiro atoms. The fraction of sp³-hybridized carbons (Fsp3) is 0.643. The number of carbonyl (C=O) groups excluding carboxylic acids is 2. The Bertz CT molecular complexity index is 528. The van der Waals surface area contributed by atoms with Crippen molar-refractivity contribution >= 4 is 11.8 Å². The highest BCUT2D eigenvalue weighted by Gasteiger charge is 2.31. The molecule has 3 heterocycles. The second-order valence-corrected chi connectivity index (χ2v) is 5.44. The smallest absolute Gasteiger partial charge is 0.276 e. The van der Waals surface area contributed by atoms with E-state index in [9.17, 15) is 9.59 Å². The molecule has 2 aliphatic heterocycles. The first kappa shape index (κ1) is 14.1. The average Bonchev–Trinajstić information content (AvgIpc) is 3.17. The van der Waals surface area contributed by atoms with Gasteiger partial charge in [-0.2, -0.15) is 0 Å². The number of nitrogens with zero attached hydrogens (tertiary/aromatic N) is 3. The molecule has 2 saturated heterocycles. The predicted octanol–water partition coefficient (Wildman–Crippen LogP) is 0.446. The highest BCUT2D eigenvalue weighted by Crippen LogP contribution is 2.16. The topological polar surface area (TPSA) is 75.9 Å². The Hall–Kier alpha value is -1.89. The molecule has 1 aromatic rings. The van der Waals surface area contributed by atoms with Crippen LogP contribution in [-0.4, -0.2) is 65.7 Å². The van der Waals surface area contributed by atoms with Crippen molar-refractivity contribution in [1.29, 1.82) is 0 Å². The second kappa shape index (κ2) is 5.85. The van der Waals surface area contributed by atoms with Gasteiger partial charge < -0.3 is 19.1 Å². The van der Waals surface area contributed by atoms with Gasteiger partial charge in [-0.05, 0) is 19.8 Å². The van der Waals surface area contributed by atoms with Crippen LogP contribution in [0.25, 0.3) is 0 Å². The van der Waals surface area contributed by atoms with Crippen molar-refractivity contribution < 1.29 is 18.8 Å². The minimum atomic E-state index is -0.287. The summed E-state index contributed by atoms with van der Waals surface area (Å²) in [5, 5.41) is 3.74.